The second-order valence-electron chi connectivity index (χ2n) is 5.99. The van der Waals surface area contributed by atoms with Gasteiger partial charge in [0.25, 0.3) is 5.91 Å². The van der Waals surface area contributed by atoms with E-state index in [1.54, 1.807) is 13.8 Å². The number of benzene rings is 1. The van der Waals surface area contributed by atoms with Gasteiger partial charge in [-0.3, -0.25) is 14.5 Å². The number of carboxylic acid groups (broad SMARTS) is 1. The third-order valence-corrected chi connectivity index (χ3v) is 4.10. The lowest BCUT2D eigenvalue weighted by Gasteiger charge is -2.28. The first-order valence-electron chi connectivity index (χ1n) is 7.65. The molecule has 0 aliphatic carbocycles. The number of urea groups is 1. The van der Waals surface area contributed by atoms with Crippen molar-refractivity contribution in [1.82, 2.24) is 10.6 Å². The molecule has 1 heterocycles. The van der Waals surface area contributed by atoms with Crippen molar-refractivity contribution in [2.24, 2.45) is 0 Å². The number of aliphatic carboxylic acids is 1. The van der Waals surface area contributed by atoms with Gasteiger partial charge in [0.1, 0.15) is 5.82 Å². The van der Waals surface area contributed by atoms with E-state index in [0.717, 1.165) is 6.07 Å². The second-order valence-corrected chi connectivity index (χ2v) is 5.99. The number of hydrogen-bond donors (Lipinski definition) is 3. The third kappa shape index (κ3) is 3.81. The van der Waals surface area contributed by atoms with Crippen molar-refractivity contribution < 1.29 is 23.9 Å². The molecule has 1 atom stereocenters. The predicted molar refractivity (Wildman–Crippen MR) is 85.6 cm³/mol. The van der Waals surface area contributed by atoms with Crippen molar-refractivity contribution in [2.45, 2.75) is 32.2 Å². The van der Waals surface area contributed by atoms with Crippen LogP contribution >= 0.6 is 0 Å². The van der Waals surface area contributed by atoms with Crippen LogP contribution in [0.25, 0.3) is 0 Å². The summed E-state index contributed by atoms with van der Waals surface area (Å²) in [4.78, 5) is 36.5. The molecule has 0 radical (unpaired) electrons. The molecule has 0 aromatic heterocycles. The van der Waals surface area contributed by atoms with Crippen molar-refractivity contribution in [3.05, 3.63) is 29.6 Å². The highest BCUT2D eigenvalue weighted by Gasteiger charge is 2.29. The molecule has 1 aliphatic rings. The SMILES string of the molecule is CC[C@@](C)(CC(=O)O)NC(=O)c1cc(N2CCNC2=O)ccc1F. The Bertz CT molecular complexity index is 679. The van der Waals surface area contributed by atoms with Gasteiger partial charge in [0.2, 0.25) is 0 Å². The van der Waals surface area contributed by atoms with E-state index in [1.807, 2.05) is 0 Å². The molecule has 0 saturated carbocycles. The van der Waals surface area contributed by atoms with Crippen LogP contribution in [-0.2, 0) is 4.79 Å². The Hall–Kier alpha value is -2.64. The highest BCUT2D eigenvalue weighted by atomic mass is 19.1. The van der Waals surface area contributed by atoms with Crippen LogP contribution in [0.1, 0.15) is 37.0 Å². The standard InChI is InChI=1S/C16H20FN3O4/c1-3-16(2,9-13(21)22)19-14(23)11-8-10(4-5-12(11)17)20-7-6-18-15(20)24/h4-5,8H,3,6-7,9H2,1-2H3,(H,18,24)(H,19,23)(H,21,22)/t16-/m0/s1. The minimum atomic E-state index is -1.05. The van der Waals surface area contributed by atoms with Gasteiger partial charge < -0.3 is 15.7 Å². The Morgan fingerprint density at radius 3 is 2.71 bits per heavy atom. The fourth-order valence-electron chi connectivity index (χ4n) is 2.51. The molecule has 1 saturated heterocycles. The second kappa shape index (κ2) is 6.86. The van der Waals surface area contributed by atoms with E-state index in [9.17, 15) is 18.8 Å². The van der Waals surface area contributed by atoms with Crippen molar-refractivity contribution in [3.8, 4) is 0 Å². The molecule has 7 nitrogen and oxygen atoms in total. The average Bonchev–Trinajstić information content (AvgIpc) is 2.93. The normalized spacial score (nSPS) is 16.5. The molecule has 1 fully saturated rings. The summed E-state index contributed by atoms with van der Waals surface area (Å²) in [7, 11) is 0. The first kappa shape index (κ1) is 17.7. The van der Waals surface area contributed by atoms with Gasteiger partial charge in [-0.15, -0.1) is 0 Å². The summed E-state index contributed by atoms with van der Waals surface area (Å²) in [5, 5.41) is 14.2. The lowest BCUT2D eigenvalue weighted by molar-refractivity contribution is -0.138. The molecule has 3 N–H and O–H groups in total. The van der Waals surface area contributed by atoms with Gasteiger partial charge in [0.15, 0.2) is 0 Å². The van der Waals surface area contributed by atoms with Gasteiger partial charge in [-0.05, 0) is 31.5 Å². The third-order valence-electron chi connectivity index (χ3n) is 4.10. The van der Waals surface area contributed by atoms with Crippen LogP contribution < -0.4 is 15.5 Å². The number of hydrogen-bond acceptors (Lipinski definition) is 3. The average molecular weight is 337 g/mol. The van der Waals surface area contributed by atoms with Gasteiger partial charge >= 0.3 is 12.0 Å². The van der Waals surface area contributed by atoms with Crippen LogP contribution in [0.3, 0.4) is 0 Å². The van der Waals surface area contributed by atoms with E-state index in [2.05, 4.69) is 10.6 Å². The lowest BCUT2D eigenvalue weighted by atomic mass is 9.94. The zero-order chi connectivity index (χ0) is 17.9. The molecule has 2 rings (SSSR count). The number of nitrogens with one attached hydrogen (secondary N) is 2. The predicted octanol–water partition coefficient (Wildman–Crippen LogP) is 1.73. The molecule has 1 aromatic rings. The Balaban J connectivity index is 2.25. The lowest BCUT2D eigenvalue weighted by Crippen LogP contribution is -2.47. The number of nitrogens with zero attached hydrogens (tertiary/aromatic N) is 1. The highest BCUT2D eigenvalue weighted by molar-refractivity contribution is 5.99. The summed E-state index contributed by atoms with van der Waals surface area (Å²) < 4.78 is 14.0. The molecule has 0 bridgehead atoms. The van der Waals surface area contributed by atoms with E-state index >= 15 is 0 Å². The summed E-state index contributed by atoms with van der Waals surface area (Å²) in [6.45, 7) is 4.24. The molecule has 0 unspecified atom stereocenters. The fraction of sp³-hybridized carbons (Fsp3) is 0.438. The maximum atomic E-state index is 14.0. The zero-order valence-electron chi connectivity index (χ0n) is 13.6. The van der Waals surface area contributed by atoms with Crippen LogP contribution in [0.2, 0.25) is 0 Å². The van der Waals surface area contributed by atoms with Gasteiger partial charge in [-0.2, -0.15) is 0 Å². The summed E-state index contributed by atoms with van der Waals surface area (Å²) in [5.41, 5.74) is -0.804. The van der Waals surface area contributed by atoms with Crippen molar-refractivity contribution in [2.75, 3.05) is 18.0 Å². The van der Waals surface area contributed by atoms with E-state index in [-0.39, 0.29) is 18.0 Å². The monoisotopic (exact) mass is 337 g/mol. The molecular weight excluding hydrogens is 317 g/mol. The first-order chi connectivity index (χ1) is 11.3. The Labute approximate surface area is 138 Å². The molecule has 1 aromatic carbocycles. The number of carbonyl (C=O) groups is 3. The van der Waals surface area contributed by atoms with Crippen LogP contribution in [0.5, 0.6) is 0 Å². The molecule has 130 valence electrons. The van der Waals surface area contributed by atoms with E-state index in [0.29, 0.717) is 25.2 Å². The smallest absolute Gasteiger partial charge is 0.321 e. The number of amides is 3. The van der Waals surface area contributed by atoms with Gasteiger partial charge in [0.05, 0.1) is 12.0 Å². The number of carbonyl (C=O) groups excluding carboxylic acids is 2. The maximum Gasteiger partial charge on any atom is 0.321 e. The van der Waals surface area contributed by atoms with E-state index < -0.39 is 23.2 Å². The van der Waals surface area contributed by atoms with Crippen molar-refractivity contribution in [1.29, 1.82) is 0 Å². The largest absolute Gasteiger partial charge is 0.481 e. The van der Waals surface area contributed by atoms with Crippen molar-refractivity contribution >= 4 is 23.6 Å². The molecule has 3 amide bonds. The highest BCUT2D eigenvalue weighted by Crippen LogP contribution is 2.22. The topological polar surface area (TPSA) is 98.7 Å². The van der Waals surface area contributed by atoms with Gasteiger partial charge in [-0.25, -0.2) is 9.18 Å². The Morgan fingerprint density at radius 2 is 2.17 bits per heavy atom. The number of rotatable bonds is 6. The number of anilines is 1. The Morgan fingerprint density at radius 1 is 1.46 bits per heavy atom. The van der Waals surface area contributed by atoms with Crippen LogP contribution in [0, 0.1) is 5.82 Å². The van der Waals surface area contributed by atoms with E-state index in [4.69, 9.17) is 5.11 Å². The summed E-state index contributed by atoms with van der Waals surface area (Å²) in [6, 6.07) is 3.54. The van der Waals surface area contributed by atoms with Crippen molar-refractivity contribution in [3.63, 3.8) is 0 Å². The van der Waals surface area contributed by atoms with E-state index in [1.165, 1.54) is 17.0 Å². The minimum Gasteiger partial charge on any atom is -0.481 e. The van der Waals surface area contributed by atoms with Crippen LogP contribution in [-0.4, -0.2) is 41.6 Å². The maximum absolute atomic E-state index is 14.0. The molecule has 1 aliphatic heterocycles. The Kier molecular flexibility index (Phi) is 5.06. The first-order valence-corrected chi connectivity index (χ1v) is 7.65. The van der Waals surface area contributed by atoms with Crippen LogP contribution in [0.4, 0.5) is 14.9 Å². The summed E-state index contributed by atoms with van der Waals surface area (Å²) in [6.07, 6.45) is 0.103. The number of carboxylic acids is 1. The zero-order valence-corrected chi connectivity index (χ0v) is 13.6. The molecule has 8 heteroatoms. The van der Waals surface area contributed by atoms with Crippen LogP contribution in [0.15, 0.2) is 18.2 Å². The number of halogens is 1. The molecular formula is C16H20FN3O4. The minimum absolute atomic E-state index is 0.225. The van der Waals surface area contributed by atoms with Gasteiger partial charge in [-0.1, -0.05) is 6.92 Å². The quantitative estimate of drug-likeness (QED) is 0.736. The fourth-order valence-corrected chi connectivity index (χ4v) is 2.51. The summed E-state index contributed by atoms with van der Waals surface area (Å²) >= 11 is 0. The molecule has 24 heavy (non-hydrogen) atoms. The molecule has 0 spiro atoms. The summed E-state index contributed by atoms with van der Waals surface area (Å²) in [5.74, 6) is -2.49. The van der Waals surface area contributed by atoms with Gasteiger partial charge in [0, 0.05) is 24.3 Å².